The van der Waals surface area contributed by atoms with Crippen LogP contribution in [0.25, 0.3) is 0 Å². The number of hydrogen-bond donors (Lipinski definition) is 2. The molecule has 1 aromatic rings. The van der Waals surface area contributed by atoms with Gasteiger partial charge in [0.1, 0.15) is 6.04 Å². The predicted octanol–water partition coefficient (Wildman–Crippen LogP) is 1.99. The number of aryl methyl sites for hydroxylation is 1. The summed E-state index contributed by atoms with van der Waals surface area (Å²) in [6.45, 7) is 5.91. The Balaban J connectivity index is 2.76. The molecule has 0 radical (unpaired) electrons. The summed E-state index contributed by atoms with van der Waals surface area (Å²) in [5.74, 6) is -0.794. The number of carboxylic acid groups (broad SMARTS) is 1. The minimum absolute atomic E-state index is 0.171. The largest absolute Gasteiger partial charge is 0.480 e. The zero-order valence-corrected chi connectivity index (χ0v) is 10.0. The van der Waals surface area contributed by atoms with Gasteiger partial charge in [0.15, 0.2) is 0 Å². The summed E-state index contributed by atoms with van der Waals surface area (Å²) < 4.78 is 0. The summed E-state index contributed by atoms with van der Waals surface area (Å²) in [6.07, 6.45) is 0.528. The van der Waals surface area contributed by atoms with Crippen molar-refractivity contribution in [2.75, 3.05) is 0 Å². The summed E-state index contributed by atoms with van der Waals surface area (Å²) in [4.78, 5) is 11.1. The summed E-state index contributed by atoms with van der Waals surface area (Å²) in [7, 11) is 0. The van der Waals surface area contributed by atoms with Crippen LogP contribution in [0.1, 0.15) is 25.0 Å². The average Bonchev–Trinajstić information content (AvgIpc) is 2.19. The molecule has 1 rings (SSSR count). The summed E-state index contributed by atoms with van der Waals surface area (Å²) in [6, 6.07) is 7.55. The lowest BCUT2D eigenvalue weighted by molar-refractivity contribution is -0.139. The van der Waals surface area contributed by atoms with Crippen LogP contribution >= 0.6 is 0 Å². The molecule has 0 saturated heterocycles. The molecule has 0 aliphatic carbocycles. The highest BCUT2D eigenvalue weighted by molar-refractivity contribution is 5.74. The van der Waals surface area contributed by atoms with Crippen molar-refractivity contribution in [3.63, 3.8) is 0 Å². The van der Waals surface area contributed by atoms with Crippen LogP contribution in [-0.4, -0.2) is 23.2 Å². The fraction of sp³-hybridized carbons (Fsp3) is 0.462. The van der Waals surface area contributed by atoms with Gasteiger partial charge in [-0.2, -0.15) is 0 Å². The van der Waals surface area contributed by atoms with Gasteiger partial charge in [-0.25, -0.2) is 0 Å². The lowest BCUT2D eigenvalue weighted by Crippen LogP contribution is -2.42. The SMILES string of the molecule is Cc1ccccc1C[C@H](NC(C)C)C(=O)O. The van der Waals surface area contributed by atoms with Crippen LogP contribution in [0.3, 0.4) is 0 Å². The zero-order chi connectivity index (χ0) is 12.1. The van der Waals surface area contributed by atoms with Gasteiger partial charge in [-0.05, 0) is 24.5 Å². The number of aliphatic carboxylic acids is 1. The Morgan fingerprint density at radius 1 is 1.38 bits per heavy atom. The Hall–Kier alpha value is -1.35. The zero-order valence-electron chi connectivity index (χ0n) is 10.0. The number of nitrogens with one attached hydrogen (secondary N) is 1. The third-order valence-corrected chi connectivity index (χ3v) is 2.52. The van der Waals surface area contributed by atoms with Crippen LogP contribution < -0.4 is 5.32 Å². The first kappa shape index (κ1) is 12.7. The van der Waals surface area contributed by atoms with E-state index in [4.69, 9.17) is 5.11 Å². The number of carbonyl (C=O) groups is 1. The topological polar surface area (TPSA) is 49.3 Å². The van der Waals surface area contributed by atoms with Crippen LogP contribution in [-0.2, 0) is 11.2 Å². The second-order valence-corrected chi connectivity index (χ2v) is 4.34. The molecular weight excluding hydrogens is 202 g/mol. The second kappa shape index (κ2) is 5.66. The molecule has 0 aromatic heterocycles. The molecule has 1 aromatic carbocycles. The first-order chi connectivity index (χ1) is 7.50. The van der Waals surface area contributed by atoms with Crippen molar-refractivity contribution >= 4 is 5.97 Å². The minimum atomic E-state index is -0.794. The molecule has 0 aliphatic heterocycles. The lowest BCUT2D eigenvalue weighted by atomic mass is 10.0. The van der Waals surface area contributed by atoms with E-state index in [-0.39, 0.29) is 6.04 Å². The van der Waals surface area contributed by atoms with Gasteiger partial charge in [-0.1, -0.05) is 38.1 Å². The van der Waals surface area contributed by atoms with Gasteiger partial charge in [0.25, 0.3) is 0 Å². The molecule has 1 atom stereocenters. The third kappa shape index (κ3) is 3.66. The molecule has 2 N–H and O–H groups in total. The molecular formula is C13H19NO2. The molecule has 0 saturated carbocycles. The van der Waals surface area contributed by atoms with E-state index in [0.717, 1.165) is 11.1 Å². The van der Waals surface area contributed by atoms with Gasteiger partial charge >= 0.3 is 5.97 Å². The summed E-state index contributed by atoms with van der Waals surface area (Å²) in [5, 5.41) is 12.2. The summed E-state index contributed by atoms with van der Waals surface area (Å²) >= 11 is 0. The first-order valence-electron chi connectivity index (χ1n) is 5.54. The van der Waals surface area contributed by atoms with Crippen LogP contribution in [0.15, 0.2) is 24.3 Å². The van der Waals surface area contributed by atoms with Crippen molar-refractivity contribution in [2.45, 2.75) is 39.3 Å². The van der Waals surface area contributed by atoms with Crippen molar-refractivity contribution in [3.8, 4) is 0 Å². The molecule has 16 heavy (non-hydrogen) atoms. The fourth-order valence-corrected chi connectivity index (χ4v) is 1.68. The molecule has 0 unspecified atom stereocenters. The smallest absolute Gasteiger partial charge is 0.321 e. The predicted molar refractivity (Wildman–Crippen MR) is 64.6 cm³/mol. The highest BCUT2D eigenvalue weighted by Gasteiger charge is 2.18. The quantitative estimate of drug-likeness (QED) is 0.799. The molecule has 0 bridgehead atoms. The van der Waals surface area contributed by atoms with E-state index in [0.29, 0.717) is 6.42 Å². The maximum absolute atomic E-state index is 11.1. The van der Waals surface area contributed by atoms with Crippen molar-refractivity contribution in [2.24, 2.45) is 0 Å². The molecule has 3 heteroatoms. The van der Waals surface area contributed by atoms with E-state index in [1.54, 1.807) is 0 Å². The normalized spacial score (nSPS) is 12.8. The lowest BCUT2D eigenvalue weighted by Gasteiger charge is -2.18. The highest BCUT2D eigenvalue weighted by atomic mass is 16.4. The van der Waals surface area contributed by atoms with Crippen LogP contribution in [0.2, 0.25) is 0 Å². The Morgan fingerprint density at radius 3 is 2.50 bits per heavy atom. The first-order valence-corrected chi connectivity index (χ1v) is 5.54. The Kier molecular flexibility index (Phi) is 4.50. The Morgan fingerprint density at radius 2 is 2.00 bits per heavy atom. The average molecular weight is 221 g/mol. The molecule has 88 valence electrons. The van der Waals surface area contributed by atoms with E-state index in [1.165, 1.54) is 0 Å². The number of carboxylic acids is 1. The van der Waals surface area contributed by atoms with E-state index in [9.17, 15) is 4.79 Å². The molecule has 0 aliphatic rings. The molecule has 0 heterocycles. The molecule has 3 nitrogen and oxygen atoms in total. The van der Waals surface area contributed by atoms with Crippen molar-refractivity contribution in [3.05, 3.63) is 35.4 Å². The standard InChI is InChI=1S/C13H19NO2/c1-9(2)14-12(13(15)16)8-11-7-5-4-6-10(11)3/h4-7,9,12,14H,8H2,1-3H3,(H,15,16)/t12-/m0/s1. The van der Waals surface area contributed by atoms with Crippen LogP contribution in [0.5, 0.6) is 0 Å². The maximum Gasteiger partial charge on any atom is 0.321 e. The number of benzene rings is 1. The van der Waals surface area contributed by atoms with Gasteiger partial charge in [-0.15, -0.1) is 0 Å². The number of rotatable bonds is 5. The minimum Gasteiger partial charge on any atom is -0.480 e. The monoisotopic (exact) mass is 221 g/mol. The Labute approximate surface area is 96.5 Å². The Bertz CT molecular complexity index is 361. The third-order valence-electron chi connectivity index (χ3n) is 2.52. The second-order valence-electron chi connectivity index (χ2n) is 4.34. The van der Waals surface area contributed by atoms with E-state index >= 15 is 0 Å². The highest BCUT2D eigenvalue weighted by Crippen LogP contribution is 2.10. The summed E-state index contributed by atoms with van der Waals surface area (Å²) in [5.41, 5.74) is 2.22. The van der Waals surface area contributed by atoms with Crippen molar-refractivity contribution < 1.29 is 9.90 Å². The van der Waals surface area contributed by atoms with Gasteiger partial charge in [0, 0.05) is 6.04 Å². The van der Waals surface area contributed by atoms with Crippen molar-refractivity contribution in [1.82, 2.24) is 5.32 Å². The van der Waals surface area contributed by atoms with Crippen LogP contribution in [0, 0.1) is 6.92 Å². The van der Waals surface area contributed by atoms with Gasteiger partial charge in [0.05, 0.1) is 0 Å². The van der Waals surface area contributed by atoms with Crippen LogP contribution in [0.4, 0.5) is 0 Å². The maximum atomic E-state index is 11.1. The molecule has 0 spiro atoms. The van der Waals surface area contributed by atoms with Crippen molar-refractivity contribution in [1.29, 1.82) is 0 Å². The fourth-order valence-electron chi connectivity index (χ4n) is 1.68. The molecule has 0 fully saturated rings. The number of hydrogen-bond acceptors (Lipinski definition) is 2. The van der Waals surface area contributed by atoms with E-state index in [1.807, 2.05) is 45.0 Å². The van der Waals surface area contributed by atoms with Gasteiger partial charge in [0.2, 0.25) is 0 Å². The molecule has 0 amide bonds. The van der Waals surface area contributed by atoms with E-state index < -0.39 is 12.0 Å². The van der Waals surface area contributed by atoms with E-state index in [2.05, 4.69) is 5.32 Å². The van der Waals surface area contributed by atoms with Gasteiger partial charge in [-0.3, -0.25) is 4.79 Å². The van der Waals surface area contributed by atoms with Gasteiger partial charge < -0.3 is 10.4 Å².